The van der Waals surface area contributed by atoms with Gasteiger partial charge in [0.15, 0.2) is 18.9 Å². The van der Waals surface area contributed by atoms with E-state index in [2.05, 4.69) is 63.2 Å². The molecular formula is C29H30ClF3N2O2. The second-order valence-electron chi connectivity index (χ2n) is 8.45. The van der Waals surface area contributed by atoms with Crippen molar-refractivity contribution in [2.24, 2.45) is 0 Å². The van der Waals surface area contributed by atoms with Gasteiger partial charge in [-0.05, 0) is 35.2 Å². The number of hydrogen-bond donors (Lipinski definition) is 1. The summed E-state index contributed by atoms with van der Waals surface area (Å²) in [5.74, 6) is -0.0207. The van der Waals surface area contributed by atoms with Gasteiger partial charge in [0.05, 0.1) is 6.04 Å². The van der Waals surface area contributed by atoms with E-state index in [4.69, 9.17) is 0 Å². The third kappa shape index (κ3) is 9.53. The minimum atomic E-state index is -4.69. The molecule has 37 heavy (non-hydrogen) atoms. The summed E-state index contributed by atoms with van der Waals surface area (Å²) in [6.45, 7) is 1.28. The van der Waals surface area contributed by atoms with Crippen molar-refractivity contribution in [3.05, 3.63) is 132 Å². The van der Waals surface area contributed by atoms with E-state index >= 15 is 0 Å². The summed E-state index contributed by atoms with van der Waals surface area (Å²) in [7, 11) is 0. The molecule has 0 unspecified atom stereocenters. The first-order valence-corrected chi connectivity index (χ1v) is 11.6. The maximum absolute atomic E-state index is 12.5. The first-order valence-electron chi connectivity index (χ1n) is 11.6. The molecule has 196 valence electrons. The van der Waals surface area contributed by atoms with Gasteiger partial charge in [0.25, 0.3) is 0 Å². The number of aromatic nitrogens is 1. The molecule has 3 aromatic carbocycles. The summed E-state index contributed by atoms with van der Waals surface area (Å²) in [4.78, 5) is 0. The molecule has 0 saturated heterocycles. The summed E-state index contributed by atoms with van der Waals surface area (Å²) in [5.41, 5.74) is 3.38. The van der Waals surface area contributed by atoms with Crippen LogP contribution in [0.15, 0.2) is 116 Å². The Kier molecular flexibility index (Phi) is 11.6. The molecule has 0 aliphatic rings. The molecule has 4 nitrogen and oxygen atoms in total. The minimum absolute atomic E-state index is 0. The zero-order chi connectivity index (χ0) is 24.5. The lowest BCUT2D eigenvalue weighted by Gasteiger charge is -2.24. The highest BCUT2D eigenvalue weighted by molar-refractivity contribution is 5.32. The van der Waals surface area contributed by atoms with Crippen LogP contribution >= 0.6 is 0 Å². The molecule has 0 aliphatic heterocycles. The van der Waals surface area contributed by atoms with Crippen molar-refractivity contribution in [3.8, 4) is 5.75 Å². The molecule has 0 amide bonds. The van der Waals surface area contributed by atoms with Gasteiger partial charge in [-0.3, -0.25) is 0 Å². The molecule has 3 N–H and O–H groups in total. The molecule has 0 spiro atoms. The van der Waals surface area contributed by atoms with E-state index in [9.17, 15) is 13.2 Å². The molecule has 4 aromatic rings. The molecular weight excluding hydrogens is 501 g/mol. The van der Waals surface area contributed by atoms with Gasteiger partial charge in [-0.1, -0.05) is 78.9 Å². The van der Waals surface area contributed by atoms with Crippen molar-refractivity contribution in [2.75, 3.05) is 0 Å². The van der Waals surface area contributed by atoms with Crippen LogP contribution < -0.4 is 27.0 Å². The van der Waals surface area contributed by atoms with Crippen LogP contribution in [0.3, 0.4) is 0 Å². The minimum Gasteiger partial charge on any atom is -1.00 e. The molecule has 0 fully saturated rings. The number of rotatable bonds is 10. The Morgan fingerprint density at radius 2 is 1.24 bits per heavy atom. The average Bonchev–Trinajstić information content (AvgIpc) is 2.87. The molecule has 0 radical (unpaired) electrons. The van der Waals surface area contributed by atoms with Gasteiger partial charge in [0.1, 0.15) is 5.75 Å². The van der Waals surface area contributed by atoms with E-state index < -0.39 is 6.36 Å². The van der Waals surface area contributed by atoms with Gasteiger partial charge < -0.3 is 27.9 Å². The van der Waals surface area contributed by atoms with Crippen molar-refractivity contribution < 1.29 is 40.4 Å². The standard InChI is InChI=1S/C29H28F3N2O.ClH.H2O/c30-29(31,32)35-27-16-14-23(15-17-27)21-33-26(22-34-18-8-3-9-19-34)20-28(24-10-4-1-5-11-24)25-12-6-2-7-13-25;;/h1-19,26,28,33H,20-22H2;1H;1H2/q+1;;/p-1/t26-;;/m1../s1. The predicted molar refractivity (Wildman–Crippen MR) is 133 cm³/mol. The number of nitrogens with one attached hydrogen (secondary N) is 1. The second-order valence-corrected chi connectivity index (χ2v) is 8.45. The number of nitrogens with zero attached hydrogens (tertiary/aromatic N) is 1. The number of halogens is 4. The van der Waals surface area contributed by atoms with E-state index in [0.717, 1.165) is 18.5 Å². The fourth-order valence-corrected chi connectivity index (χ4v) is 4.22. The Hall–Kier alpha value is -3.39. The van der Waals surface area contributed by atoms with Crippen LogP contribution in [-0.4, -0.2) is 17.9 Å². The summed E-state index contributed by atoms with van der Waals surface area (Å²) in [6.07, 6.45) is 0.239. The molecule has 1 atom stereocenters. The molecule has 0 bridgehead atoms. The largest absolute Gasteiger partial charge is 1.00 e. The van der Waals surface area contributed by atoms with Crippen molar-refractivity contribution in [2.45, 2.75) is 37.8 Å². The quantitative estimate of drug-likeness (QED) is 0.320. The average molecular weight is 531 g/mol. The highest BCUT2D eigenvalue weighted by atomic mass is 35.5. The fourth-order valence-electron chi connectivity index (χ4n) is 4.22. The molecule has 4 rings (SSSR count). The van der Waals surface area contributed by atoms with Crippen LogP contribution in [0.4, 0.5) is 13.2 Å². The van der Waals surface area contributed by atoms with Crippen LogP contribution in [0.1, 0.15) is 29.0 Å². The monoisotopic (exact) mass is 530 g/mol. The Balaban J connectivity index is 0.00000241. The van der Waals surface area contributed by atoms with Gasteiger partial charge >= 0.3 is 6.36 Å². The molecule has 0 saturated carbocycles. The zero-order valence-corrected chi connectivity index (χ0v) is 20.9. The van der Waals surface area contributed by atoms with Crippen LogP contribution in [-0.2, 0) is 13.1 Å². The Bertz CT molecular complexity index is 1120. The number of alkyl halides is 3. The SMILES string of the molecule is FC(F)(F)Oc1ccc(CN[C@H](CC(c2ccccc2)c2ccccc2)C[n+]2ccccc2)cc1.O.[Cl-]. The van der Waals surface area contributed by atoms with Crippen molar-refractivity contribution >= 4 is 0 Å². The topological polar surface area (TPSA) is 56.6 Å². The number of pyridine rings is 1. The summed E-state index contributed by atoms with van der Waals surface area (Å²) in [6, 6.07) is 33.0. The third-order valence-electron chi connectivity index (χ3n) is 5.88. The van der Waals surface area contributed by atoms with Gasteiger partial charge in [-0.2, -0.15) is 0 Å². The second kappa shape index (κ2) is 14.4. The lowest BCUT2D eigenvalue weighted by molar-refractivity contribution is -0.699. The maximum atomic E-state index is 12.5. The first kappa shape index (κ1) is 29.8. The van der Waals surface area contributed by atoms with Gasteiger partial charge in [0.2, 0.25) is 0 Å². The normalized spacial score (nSPS) is 11.8. The van der Waals surface area contributed by atoms with Crippen molar-refractivity contribution in [3.63, 3.8) is 0 Å². The van der Waals surface area contributed by atoms with Crippen LogP contribution in [0.2, 0.25) is 0 Å². The number of hydrogen-bond acceptors (Lipinski definition) is 2. The van der Waals surface area contributed by atoms with E-state index in [0.29, 0.717) is 6.54 Å². The number of benzene rings is 3. The lowest BCUT2D eigenvalue weighted by Crippen LogP contribution is -3.00. The third-order valence-corrected chi connectivity index (χ3v) is 5.88. The van der Waals surface area contributed by atoms with Gasteiger partial charge in [-0.25, -0.2) is 4.57 Å². The smallest absolute Gasteiger partial charge is 0.573 e. The van der Waals surface area contributed by atoms with E-state index in [1.165, 1.54) is 23.3 Å². The number of ether oxygens (including phenoxy) is 1. The maximum Gasteiger partial charge on any atom is 0.573 e. The molecule has 0 aliphatic carbocycles. The molecule has 1 aromatic heterocycles. The van der Waals surface area contributed by atoms with Gasteiger partial charge in [-0.15, -0.1) is 13.2 Å². The van der Waals surface area contributed by atoms with Crippen LogP contribution in [0.25, 0.3) is 0 Å². The summed E-state index contributed by atoms with van der Waals surface area (Å²) in [5, 5.41) is 3.64. The lowest BCUT2D eigenvalue weighted by atomic mass is 9.86. The Morgan fingerprint density at radius 3 is 1.76 bits per heavy atom. The molecule has 1 heterocycles. The van der Waals surface area contributed by atoms with Gasteiger partial charge in [0, 0.05) is 24.6 Å². The van der Waals surface area contributed by atoms with Crippen LogP contribution in [0.5, 0.6) is 5.75 Å². The molecule has 8 heteroatoms. The first-order chi connectivity index (χ1) is 17.0. The van der Waals surface area contributed by atoms with Crippen LogP contribution in [0, 0.1) is 0 Å². The van der Waals surface area contributed by atoms with E-state index in [1.807, 2.05) is 42.7 Å². The summed E-state index contributed by atoms with van der Waals surface area (Å²) >= 11 is 0. The Labute approximate surface area is 221 Å². The zero-order valence-electron chi connectivity index (χ0n) is 20.1. The summed E-state index contributed by atoms with van der Waals surface area (Å²) < 4.78 is 43.5. The van der Waals surface area contributed by atoms with Crippen molar-refractivity contribution in [1.82, 2.24) is 5.32 Å². The highest BCUT2D eigenvalue weighted by Crippen LogP contribution is 2.29. The van der Waals surface area contributed by atoms with E-state index in [1.54, 1.807) is 12.1 Å². The fraction of sp³-hybridized carbons (Fsp3) is 0.207. The highest BCUT2D eigenvalue weighted by Gasteiger charge is 2.31. The van der Waals surface area contributed by atoms with E-state index in [-0.39, 0.29) is 35.6 Å². The predicted octanol–water partition coefficient (Wildman–Crippen LogP) is 2.43. The van der Waals surface area contributed by atoms with Crippen molar-refractivity contribution in [1.29, 1.82) is 0 Å². The Morgan fingerprint density at radius 1 is 0.730 bits per heavy atom.